The van der Waals surface area contributed by atoms with Crippen LogP contribution in [-0.2, 0) is 11.3 Å². The SMILES string of the molecule is Nc1ncc(-c2cc(C3C4CN(C5COC5)CC43)n(CC3CC3)n2)cc1OC(F)F. The number of piperidine rings is 1. The number of pyridine rings is 1. The van der Waals surface area contributed by atoms with Crippen molar-refractivity contribution in [2.45, 2.75) is 38.0 Å². The lowest BCUT2D eigenvalue weighted by molar-refractivity contribution is -0.0610. The molecule has 2 saturated carbocycles. The Labute approximate surface area is 173 Å². The highest BCUT2D eigenvalue weighted by molar-refractivity contribution is 5.64. The van der Waals surface area contributed by atoms with Gasteiger partial charge in [0.1, 0.15) is 0 Å². The van der Waals surface area contributed by atoms with E-state index < -0.39 is 6.61 Å². The van der Waals surface area contributed by atoms with Crippen LogP contribution in [0, 0.1) is 17.8 Å². The number of nitrogen functional groups attached to an aromatic ring is 1. The van der Waals surface area contributed by atoms with Crippen LogP contribution < -0.4 is 10.5 Å². The van der Waals surface area contributed by atoms with E-state index in [1.165, 1.54) is 24.6 Å². The van der Waals surface area contributed by atoms with Crippen molar-refractivity contribution in [1.29, 1.82) is 0 Å². The lowest BCUT2D eigenvalue weighted by Gasteiger charge is -2.35. The van der Waals surface area contributed by atoms with Gasteiger partial charge in [0.25, 0.3) is 0 Å². The number of likely N-dealkylation sites (tertiary alicyclic amines) is 1. The lowest BCUT2D eigenvalue weighted by atomic mass is 10.1. The Morgan fingerprint density at radius 3 is 2.60 bits per heavy atom. The van der Waals surface area contributed by atoms with Crippen molar-refractivity contribution in [3.8, 4) is 17.0 Å². The molecule has 4 heterocycles. The number of nitrogens with two attached hydrogens (primary N) is 1. The summed E-state index contributed by atoms with van der Waals surface area (Å²) in [5.74, 6) is 2.42. The highest BCUT2D eigenvalue weighted by Gasteiger charge is 2.58. The van der Waals surface area contributed by atoms with Crippen LogP contribution in [0.3, 0.4) is 0 Å². The van der Waals surface area contributed by atoms with Crippen LogP contribution in [-0.4, -0.2) is 58.6 Å². The quantitative estimate of drug-likeness (QED) is 0.746. The third kappa shape index (κ3) is 3.24. The molecule has 0 bridgehead atoms. The molecule has 2 saturated heterocycles. The van der Waals surface area contributed by atoms with Gasteiger partial charge in [0.05, 0.1) is 24.9 Å². The molecule has 6 rings (SSSR count). The van der Waals surface area contributed by atoms with E-state index in [-0.39, 0.29) is 11.6 Å². The molecule has 0 aromatic carbocycles. The van der Waals surface area contributed by atoms with Gasteiger partial charge in [0.15, 0.2) is 11.6 Å². The molecule has 0 radical (unpaired) electrons. The molecule has 4 fully saturated rings. The summed E-state index contributed by atoms with van der Waals surface area (Å²) in [5, 5.41) is 4.84. The second-order valence-electron chi connectivity index (χ2n) is 9.06. The maximum Gasteiger partial charge on any atom is 0.387 e. The Kier molecular flexibility index (Phi) is 4.24. The summed E-state index contributed by atoms with van der Waals surface area (Å²) in [5.41, 5.74) is 8.35. The van der Waals surface area contributed by atoms with Gasteiger partial charge in [-0.25, -0.2) is 4.98 Å². The third-order valence-electron chi connectivity index (χ3n) is 7.03. The van der Waals surface area contributed by atoms with Crippen molar-refractivity contribution in [2.24, 2.45) is 17.8 Å². The van der Waals surface area contributed by atoms with Gasteiger partial charge < -0.3 is 15.2 Å². The summed E-state index contributed by atoms with van der Waals surface area (Å²) < 4.78 is 37.4. The number of halogens is 2. The number of hydrogen-bond acceptors (Lipinski definition) is 6. The molecule has 2 N–H and O–H groups in total. The summed E-state index contributed by atoms with van der Waals surface area (Å²) >= 11 is 0. The Bertz CT molecular complexity index is 947. The Balaban J connectivity index is 1.26. The summed E-state index contributed by atoms with van der Waals surface area (Å²) in [7, 11) is 0. The fourth-order valence-corrected chi connectivity index (χ4v) is 5.05. The predicted molar refractivity (Wildman–Crippen MR) is 105 cm³/mol. The monoisotopic (exact) mass is 417 g/mol. The van der Waals surface area contributed by atoms with Gasteiger partial charge in [-0.1, -0.05) is 0 Å². The zero-order valence-corrected chi connectivity index (χ0v) is 16.6. The topological polar surface area (TPSA) is 78.4 Å². The van der Waals surface area contributed by atoms with Crippen molar-refractivity contribution < 1.29 is 18.3 Å². The van der Waals surface area contributed by atoms with Crippen LogP contribution >= 0.6 is 0 Å². The Hall–Kier alpha value is -2.26. The van der Waals surface area contributed by atoms with E-state index in [4.69, 9.17) is 15.6 Å². The van der Waals surface area contributed by atoms with E-state index in [9.17, 15) is 8.78 Å². The van der Waals surface area contributed by atoms with Crippen molar-refractivity contribution in [1.82, 2.24) is 19.7 Å². The van der Waals surface area contributed by atoms with E-state index in [0.717, 1.165) is 38.5 Å². The number of rotatable bonds is 7. The van der Waals surface area contributed by atoms with E-state index in [1.807, 2.05) is 0 Å². The molecule has 2 unspecified atom stereocenters. The lowest BCUT2D eigenvalue weighted by Crippen LogP contribution is -2.48. The Morgan fingerprint density at radius 2 is 1.97 bits per heavy atom. The van der Waals surface area contributed by atoms with Crippen LogP contribution in [0.1, 0.15) is 24.5 Å². The third-order valence-corrected chi connectivity index (χ3v) is 7.03. The number of nitrogens with zero attached hydrogens (tertiary/aromatic N) is 4. The standard InChI is InChI=1S/C21H25F2N5O2/c22-21(23)30-18-3-12(5-25-20(18)24)16-4-17(28(26-16)6-11-1-2-11)19-14-7-27(8-15(14)19)13-9-29-10-13/h3-5,11,13-15,19,21H,1-2,6-10H2,(H2,24,25). The average molecular weight is 417 g/mol. The summed E-state index contributed by atoms with van der Waals surface area (Å²) in [4.78, 5) is 6.60. The fraction of sp³-hybridized carbons (Fsp3) is 0.619. The van der Waals surface area contributed by atoms with Gasteiger partial charge in [-0.3, -0.25) is 9.58 Å². The van der Waals surface area contributed by atoms with Gasteiger partial charge >= 0.3 is 6.61 Å². The van der Waals surface area contributed by atoms with Gasteiger partial charge in [0, 0.05) is 43.0 Å². The molecule has 0 spiro atoms. The summed E-state index contributed by atoms with van der Waals surface area (Å²) in [6.45, 7) is 1.96. The van der Waals surface area contributed by atoms with Crippen molar-refractivity contribution >= 4 is 5.82 Å². The molecule has 2 atom stereocenters. The van der Waals surface area contributed by atoms with Crippen LogP contribution in [0.5, 0.6) is 5.75 Å². The number of aromatic nitrogens is 3. The molecule has 2 aromatic heterocycles. The van der Waals surface area contributed by atoms with E-state index in [2.05, 4.69) is 25.4 Å². The molecule has 2 aromatic rings. The molecule has 2 aliphatic heterocycles. The molecule has 160 valence electrons. The molecule has 2 aliphatic carbocycles. The average Bonchev–Trinajstić information content (AvgIpc) is 3.50. The molecule has 0 amide bonds. The minimum atomic E-state index is -2.94. The van der Waals surface area contributed by atoms with E-state index in [0.29, 0.717) is 35.3 Å². The highest BCUT2D eigenvalue weighted by atomic mass is 19.3. The van der Waals surface area contributed by atoms with Crippen molar-refractivity contribution in [3.63, 3.8) is 0 Å². The minimum absolute atomic E-state index is 0.0477. The number of alkyl halides is 2. The Morgan fingerprint density at radius 1 is 1.20 bits per heavy atom. The molecule has 9 heteroatoms. The van der Waals surface area contributed by atoms with E-state index >= 15 is 0 Å². The smallest absolute Gasteiger partial charge is 0.387 e. The maximum atomic E-state index is 12.7. The van der Waals surface area contributed by atoms with Crippen molar-refractivity contribution in [3.05, 3.63) is 24.0 Å². The molecule has 7 nitrogen and oxygen atoms in total. The first kappa shape index (κ1) is 18.5. The van der Waals surface area contributed by atoms with Crippen molar-refractivity contribution in [2.75, 3.05) is 32.0 Å². The summed E-state index contributed by atoms with van der Waals surface area (Å²) in [6, 6.07) is 4.22. The highest BCUT2D eigenvalue weighted by Crippen LogP contribution is 2.59. The molecule has 30 heavy (non-hydrogen) atoms. The van der Waals surface area contributed by atoms with E-state index in [1.54, 1.807) is 6.20 Å². The number of ether oxygens (including phenoxy) is 2. The van der Waals surface area contributed by atoms with Crippen LogP contribution in [0.15, 0.2) is 18.3 Å². The minimum Gasteiger partial charge on any atom is -0.431 e. The zero-order valence-electron chi connectivity index (χ0n) is 16.6. The largest absolute Gasteiger partial charge is 0.431 e. The first-order chi connectivity index (χ1) is 14.6. The summed E-state index contributed by atoms with van der Waals surface area (Å²) in [6.07, 6.45) is 4.07. The number of hydrogen-bond donors (Lipinski definition) is 1. The molecule has 4 aliphatic rings. The van der Waals surface area contributed by atoms with Gasteiger partial charge in [-0.15, -0.1) is 0 Å². The predicted octanol–water partition coefficient (Wildman–Crippen LogP) is 2.58. The second kappa shape index (κ2) is 6.88. The van der Waals surface area contributed by atoms with Gasteiger partial charge in [-0.2, -0.15) is 13.9 Å². The second-order valence-corrected chi connectivity index (χ2v) is 9.06. The fourth-order valence-electron chi connectivity index (χ4n) is 5.05. The van der Waals surface area contributed by atoms with Crippen LogP contribution in [0.4, 0.5) is 14.6 Å². The first-order valence-corrected chi connectivity index (χ1v) is 10.7. The molecular formula is C21H25F2N5O2. The number of fused-ring (bicyclic) bond motifs is 1. The number of anilines is 1. The molecular weight excluding hydrogens is 392 g/mol. The van der Waals surface area contributed by atoms with Crippen LogP contribution in [0.2, 0.25) is 0 Å². The normalized spacial score (nSPS) is 28.6. The zero-order chi connectivity index (χ0) is 20.4. The first-order valence-electron chi connectivity index (χ1n) is 10.7. The maximum absolute atomic E-state index is 12.7. The van der Waals surface area contributed by atoms with Gasteiger partial charge in [0.2, 0.25) is 0 Å². The van der Waals surface area contributed by atoms with Gasteiger partial charge in [-0.05, 0) is 42.7 Å². The van der Waals surface area contributed by atoms with Crippen LogP contribution in [0.25, 0.3) is 11.3 Å².